The van der Waals surface area contributed by atoms with Gasteiger partial charge in [0.1, 0.15) is 5.82 Å². The van der Waals surface area contributed by atoms with Crippen molar-refractivity contribution in [2.75, 3.05) is 6.61 Å². The number of ether oxygens (including phenoxy) is 1. The van der Waals surface area contributed by atoms with Crippen LogP contribution in [0.1, 0.15) is 36.5 Å². The lowest BCUT2D eigenvalue weighted by Crippen LogP contribution is -2.04. The van der Waals surface area contributed by atoms with Gasteiger partial charge in [0.25, 0.3) is 0 Å². The van der Waals surface area contributed by atoms with Crippen LogP contribution in [0.5, 0.6) is 0 Å². The molecule has 2 aromatic rings. The number of benzene rings is 1. The molecule has 96 valence electrons. The lowest BCUT2D eigenvalue weighted by Gasteiger charge is -2.03. The molecule has 0 saturated heterocycles. The van der Waals surface area contributed by atoms with Gasteiger partial charge in [0, 0.05) is 13.5 Å². The van der Waals surface area contributed by atoms with Crippen LogP contribution in [0, 0.1) is 0 Å². The summed E-state index contributed by atoms with van der Waals surface area (Å²) in [4.78, 5) is 16.2. The standard InChI is InChI=1S/C14H18N2O2/c1-4-6-13-15-11-8-7-10(14(17)18-5-2)9-12(11)16(13)3/h7-9H,4-6H2,1-3H3. The Balaban J connectivity index is 2.44. The van der Waals surface area contributed by atoms with Gasteiger partial charge in [-0.15, -0.1) is 0 Å². The zero-order valence-corrected chi connectivity index (χ0v) is 11.1. The van der Waals surface area contributed by atoms with E-state index in [2.05, 4.69) is 11.9 Å². The summed E-state index contributed by atoms with van der Waals surface area (Å²) >= 11 is 0. The van der Waals surface area contributed by atoms with E-state index in [1.807, 2.05) is 23.7 Å². The first kappa shape index (κ1) is 12.6. The second-order valence-electron chi connectivity index (χ2n) is 4.26. The van der Waals surface area contributed by atoms with E-state index in [0.29, 0.717) is 12.2 Å². The summed E-state index contributed by atoms with van der Waals surface area (Å²) in [6.45, 7) is 4.33. The minimum Gasteiger partial charge on any atom is -0.462 e. The number of nitrogens with zero attached hydrogens (tertiary/aromatic N) is 2. The van der Waals surface area contributed by atoms with E-state index in [1.165, 1.54) is 0 Å². The SMILES string of the molecule is CCCc1nc2ccc(C(=O)OCC)cc2n1C. The number of rotatable bonds is 4. The number of carbonyl (C=O) groups is 1. The summed E-state index contributed by atoms with van der Waals surface area (Å²) < 4.78 is 7.05. The van der Waals surface area contributed by atoms with Gasteiger partial charge < -0.3 is 9.30 Å². The van der Waals surface area contributed by atoms with Crippen LogP contribution in [0.25, 0.3) is 11.0 Å². The highest BCUT2D eigenvalue weighted by molar-refractivity contribution is 5.93. The zero-order valence-electron chi connectivity index (χ0n) is 11.1. The van der Waals surface area contributed by atoms with E-state index in [9.17, 15) is 4.79 Å². The number of esters is 1. The predicted octanol–water partition coefficient (Wildman–Crippen LogP) is 2.70. The Kier molecular flexibility index (Phi) is 3.65. The lowest BCUT2D eigenvalue weighted by atomic mass is 10.2. The molecule has 2 rings (SSSR count). The summed E-state index contributed by atoms with van der Waals surface area (Å²) in [6.07, 6.45) is 2.00. The molecule has 1 heterocycles. The van der Waals surface area contributed by atoms with E-state index < -0.39 is 0 Å². The molecule has 0 unspecified atom stereocenters. The molecule has 4 heteroatoms. The second-order valence-corrected chi connectivity index (χ2v) is 4.26. The fourth-order valence-electron chi connectivity index (χ4n) is 2.03. The smallest absolute Gasteiger partial charge is 0.338 e. The molecular formula is C14H18N2O2. The molecule has 0 saturated carbocycles. The quantitative estimate of drug-likeness (QED) is 0.779. The van der Waals surface area contributed by atoms with Gasteiger partial charge in [-0.3, -0.25) is 0 Å². The zero-order chi connectivity index (χ0) is 13.1. The molecule has 0 aliphatic heterocycles. The minimum atomic E-state index is -0.280. The van der Waals surface area contributed by atoms with Crippen LogP contribution in [0.4, 0.5) is 0 Å². The maximum Gasteiger partial charge on any atom is 0.338 e. The van der Waals surface area contributed by atoms with Gasteiger partial charge in [-0.25, -0.2) is 9.78 Å². The number of fused-ring (bicyclic) bond motifs is 1. The third kappa shape index (κ3) is 2.23. The van der Waals surface area contributed by atoms with Gasteiger partial charge in [0.2, 0.25) is 0 Å². The fraction of sp³-hybridized carbons (Fsp3) is 0.429. The Labute approximate surface area is 107 Å². The van der Waals surface area contributed by atoms with Crippen LogP contribution in [-0.4, -0.2) is 22.1 Å². The minimum absolute atomic E-state index is 0.280. The van der Waals surface area contributed by atoms with Gasteiger partial charge in [0.15, 0.2) is 0 Å². The normalized spacial score (nSPS) is 10.8. The highest BCUT2D eigenvalue weighted by Gasteiger charge is 2.11. The van der Waals surface area contributed by atoms with Crippen LogP contribution in [0.2, 0.25) is 0 Å². The van der Waals surface area contributed by atoms with Gasteiger partial charge >= 0.3 is 5.97 Å². The van der Waals surface area contributed by atoms with Crippen molar-refractivity contribution in [3.8, 4) is 0 Å². The molecule has 0 aliphatic rings. The Bertz CT molecular complexity index is 572. The number of hydrogen-bond acceptors (Lipinski definition) is 3. The van der Waals surface area contributed by atoms with Gasteiger partial charge in [0.05, 0.1) is 23.2 Å². The third-order valence-electron chi connectivity index (χ3n) is 2.96. The molecule has 0 atom stereocenters. The van der Waals surface area contributed by atoms with Crippen LogP contribution >= 0.6 is 0 Å². The fourth-order valence-corrected chi connectivity index (χ4v) is 2.03. The van der Waals surface area contributed by atoms with Crippen molar-refractivity contribution in [3.05, 3.63) is 29.6 Å². The van der Waals surface area contributed by atoms with Crippen molar-refractivity contribution < 1.29 is 9.53 Å². The van der Waals surface area contributed by atoms with E-state index in [4.69, 9.17) is 4.74 Å². The largest absolute Gasteiger partial charge is 0.462 e. The monoisotopic (exact) mass is 246 g/mol. The first-order chi connectivity index (χ1) is 8.67. The maximum atomic E-state index is 11.7. The van der Waals surface area contributed by atoms with Crippen molar-refractivity contribution in [1.29, 1.82) is 0 Å². The second kappa shape index (κ2) is 5.21. The van der Waals surface area contributed by atoms with E-state index >= 15 is 0 Å². The van der Waals surface area contributed by atoms with Crippen LogP contribution in [-0.2, 0) is 18.2 Å². The molecular weight excluding hydrogens is 228 g/mol. The van der Waals surface area contributed by atoms with Crippen LogP contribution in [0.15, 0.2) is 18.2 Å². The molecule has 0 amide bonds. The maximum absolute atomic E-state index is 11.7. The summed E-state index contributed by atoms with van der Waals surface area (Å²) in [6, 6.07) is 5.49. The average molecular weight is 246 g/mol. The molecule has 0 radical (unpaired) electrons. The average Bonchev–Trinajstić information content (AvgIpc) is 2.67. The summed E-state index contributed by atoms with van der Waals surface area (Å²) in [5.41, 5.74) is 2.48. The molecule has 18 heavy (non-hydrogen) atoms. The number of aromatic nitrogens is 2. The van der Waals surface area contributed by atoms with Crippen molar-refractivity contribution in [2.24, 2.45) is 7.05 Å². The molecule has 0 fully saturated rings. The highest BCUT2D eigenvalue weighted by atomic mass is 16.5. The Hall–Kier alpha value is -1.84. The topological polar surface area (TPSA) is 44.1 Å². The number of imidazole rings is 1. The van der Waals surface area contributed by atoms with Crippen molar-refractivity contribution in [3.63, 3.8) is 0 Å². The highest BCUT2D eigenvalue weighted by Crippen LogP contribution is 2.18. The summed E-state index contributed by atoms with van der Waals surface area (Å²) in [7, 11) is 1.98. The lowest BCUT2D eigenvalue weighted by molar-refractivity contribution is 0.0526. The van der Waals surface area contributed by atoms with E-state index in [0.717, 1.165) is 29.7 Å². The predicted molar refractivity (Wildman–Crippen MR) is 70.7 cm³/mol. The van der Waals surface area contributed by atoms with Crippen molar-refractivity contribution in [2.45, 2.75) is 26.7 Å². The van der Waals surface area contributed by atoms with Crippen LogP contribution in [0.3, 0.4) is 0 Å². The number of hydrogen-bond donors (Lipinski definition) is 0. The molecule has 0 spiro atoms. The van der Waals surface area contributed by atoms with Crippen LogP contribution < -0.4 is 0 Å². The number of carbonyl (C=O) groups excluding carboxylic acids is 1. The van der Waals surface area contributed by atoms with Crippen molar-refractivity contribution >= 4 is 17.0 Å². The molecule has 0 aliphatic carbocycles. The molecule has 0 N–H and O–H groups in total. The van der Waals surface area contributed by atoms with Gasteiger partial charge in [-0.2, -0.15) is 0 Å². The summed E-state index contributed by atoms with van der Waals surface area (Å²) in [5, 5.41) is 0. The first-order valence-corrected chi connectivity index (χ1v) is 6.29. The molecule has 4 nitrogen and oxygen atoms in total. The Morgan fingerprint density at radius 2 is 2.17 bits per heavy atom. The van der Waals surface area contributed by atoms with Gasteiger partial charge in [-0.05, 0) is 31.5 Å². The third-order valence-corrected chi connectivity index (χ3v) is 2.96. The van der Waals surface area contributed by atoms with Crippen molar-refractivity contribution in [1.82, 2.24) is 9.55 Å². The molecule has 1 aromatic heterocycles. The molecule has 1 aromatic carbocycles. The first-order valence-electron chi connectivity index (χ1n) is 6.29. The van der Waals surface area contributed by atoms with E-state index in [1.54, 1.807) is 13.0 Å². The Morgan fingerprint density at radius 3 is 2.83 bits per heavy atom. The van der Waals surface area contributed by atoms with Gasteiger partial charge in [-0.1, -0.05) is 6.92 Å². The molecule has 0 bridgehead atoms. The summed E-state index contributed by atoms with van der Waals surface area (Å²) in [5.74, 6) is 0.770. The Morgan fingerprint density at radius 1 is 1.39 bits per heavy atom. The number of aryl methyl sites for hydroxylation is 2. The van der Waals surface area contributed by atoms with E-state index in [-0.39, 0.29) is 5.97 Å².